The van der Waals surface area contributed by atoms with Crippen molar-refractivity contribution in [2.75, 3.05) is 23.7 Å². The Morgan fingerprint density at radius 1 is 1.23 bits per heavy atom. The maximum absolute atomic E-state index is 11.6. The van der Waals surface area contributed by atoms with Gasteiger partial charge in [-0.1, -0.05) is 42.4 Å². The van der Waals surface area contributed by atoms with Crippen LogP contribution in [0.25, 0.3) is 0 Å². The number of amides is 1. The van der Waals surface area contributed by atoms with Gasteiger partial charge in [-0.25, -0.2) is 4.98 Å². The number of ketones is 1. The standard InChI is InChI=1S/C25H28ClN7O2/c1-3-22(35)12-18-5-4-6-19(11-18)13-27-24-23(26)15-28-25(31-24)30-20-14-29-33(16-20)21-7-9-32(10-8-21)17(2)34/h3-6,11,14-16,21H,1,7-10,12-13H2,2H3,(H2,27,28,30,31). The highest BCUT2D eigenvalue weighted by molar-refractivity contribution is 6.32. The number of carbonyl (C=O) groups is 2. The zero-order chi connectivity index (χ0) is 24.8. The molecule has 182 valence electrons. The van der Waals surface area contributed by atoms with Crippen LogP contribution in [0.15, 0.2) is 55.5 Å². The number of nitrogens with one attached hydrogen (secondary N) is 2. The number of benzene rings is 1. The van der Waals surface area contributed by atoms with Crippen LogP contribution in [-0.4, -0.2) is 49.4 Å². The van der Waals surface area contributed by atoms with Crippen molar-refractivity contribution in [2.45, 2.75) is 38.8 Å². The molecule has 2 N–H and O–H groups in total. The Bertz CT molecular complexity index is 1220. The Morgan fingerprint density at radius 3 is 2.74 bits per heavy atom. The molecule has 1 aromatic carbocycles. The molecule has 3 aromatic rings. The Hall–Kier alpha value is -3.72. The van der Waals surface area contributed by atoms with Gasteiger partial charge in [0.1, 0.15) is 5.02 Å². The molecule has 35 heavy (non-hydrogen) atoms. The number of halogens is 1. The maximum Gasteiger partial charge on any atom is 0.229 e. The number of hydrogen-bond acceptors (Lipinski definition) is 7. The quantitative estimate of drug-likeness (QED) is 0.431. The number of nitrogens with zero attached hydrogens (tertiary/aromatic N) is 5. The monoisotopic (exact) mass is 493 g/mol. The largest absolute Gasteiger partial charge is 0.365 e. The number of carbonyl (C=O) groups excluding carboxylic acids is 2. The lowest BCUT2D eigenvalue weighted by Crippen LogP contribution is -2.37. The van der Waals surface area contributed by atoms with Gasteiger partial charge in [0.15, 0.2) is 11.6 Å². The predicted octanol–water partition coefficient (Wildman–Crippen LogP) is 4.16. The summed E-state index contributed by atoms with van der Waals surface area (Å²) in [5.41, 5.74) is 2.70. The van der Waals surface area contributed by atoms with E-state index in [1.807, 2.05) is 40.0 Å². The zero-order valence-corrected chi connectivity index (χ0v) is 20.3. The van der Waals surface area contributed by atoms with Crippen molar-refractivity contribution in [2.24, 2.45) is 0 Å². The average molecular weight is 494 g/mol. The van der Waals surface area contributed by atoms with E-state index >= 15 is 0 Å². The van der Waals surface area contributed by atoms with E-state index < -0.39 is 0 Å². The summed E-state index contributed by atoms with van der Waals surface area (Å²) in [5, 5.41) is 11.3. The van der Waals surface area contributed by atoms with Gasteiger partial charge in [-0.2, -0.15) is 10.1 Å². The first-order chi connectivity index (χ1) is 16.9. The summed E-state index contributed by atoms with van der Waals surface area (Å²) >= 11 is 6.31. The Labute approximate surface area is 209 Å². The number of hydrogen-bond donors (Lipinski definition) is 2. The topological polar surface area (TPSA) is 105 Å². The number of piperidine rings is 1. The molecule has 0 aliphatic carbocycles. The highest BCUT2D eigenvalue weighted by Crippen LogP contribution is 2.25. The highest BCUT2D eigenvalue weighted by atomic mass is 35.5. The van der Waals surface area contributed by atoms with Crippen LogP contribution < -0.4 is 10.6 Å². The van der Waals surface area contributed by atoms with Crippen molar-refractivity contribution in [3.8, 4) is 0 Å². The van der Waals surface area contributed by atoms with Crippen LogP contribution >= 0.6 is 11.6 Å². The Kier molecular flexibility index (Phi) is 7.77. The van der Waals surface area contributed by atoms with Crippen LogP contribution in [-0.2, 0) is 22.6 Å². The van der Waals surface area contributed by atoms with Crippen molar-refractivity contribution >= 4 is 40.7 Å². The van der Waals surface area contributed by atoms with Gasteiger partial charge < -0.3 is 15.5 Å². The van der Waals surface area contributed by atoms with Crippen molar-refractivity contribution in [1.82, 2.24) is 24.6 Å². The summed E-state index contributed by atoms with van der Waals surface area (Å²) in [5.74, 6) is 0.995. The minimum atomic E-state index is -0.0190. The summed E-state index contributed by atoms with van der Waals surface area (Å²) in [4.78, 5) is 33.8. The van der Waals surface area contributed by atoms with Gasteiger partial charge in [-0.15, -0.1) is 0 Å². The summed E-state index contributed by atoms with van der Waals surface area (Å²) in [6.45, 7) is 7.10. The average Bonchev–Trinajstić information content (AvgIpc) is 3.33. The smallest absolute Gasteiger partial charge is 0.229 e. The van der Waals surface area contributed by atoms with E-state index in [-0.39, 0.29) is 17.7 Å². The van der Waals surface area contributed by atoms with Crippen molar-refractivity contribution in [3.63, 3.8) is 0 Å². The molecule has 4 rings (SSSR count). The zero-order valence-electron chi connectivity index (χ0n) is 19.6. The lowest BCUT2D eigenvalue weighted by atomic mass is 10.1. The second-order valence-corrected chi connectivity index (χ2v) is 8.89. The van der Waals surface area contributed by atoms with Crippen molar-refractivity contribution in [1.29, 1.82) is 0 Å². The second kappa shape index (κ2) is 11.1. The predicted molar refractivity (Wildman–Crippen MR) is 136 cm³/mol. The number of aromatic nitrogens is 4. The number of allylic oxidation sites excluding steroid dienone is 1. The summed E-state index contributed by atoms with van der Waals surface area (Å²) in [6, 6.07) is 8.02. The first-order valence-corrected chi connectivity index (χ1v) is 11.8. The van der Waals surface area contributed by atoms with Gasteiger partial charge >= 0.3 is 0 Å². The Balaban J connectivity index is 1.37. The molecule has 0 spiro atoms. The van der Waals surface area contributed by atoms with E-state index in [4.69, 9.17) is 11.6 Å². The SMILES string of the molecule is C=CC(=O)Cc1cccc(CNc2nc(Nc3cnn(C4CCN(C(C)=O)CC4)c3)ncc2Cl)c1. The molecule has 2 aromatic heterocycles. The molecule has 0 saturated carbocycles. The molecule has 0 unspecified atom stereocenters. The van der Waals surface area contributed by atoms with E-state index in [1.54, 1.807) is 19.3 Å². The van der Waals surface area contributed by atoms with Gasteiger partial charge in [-0.05, 0) is 30.0 Å². The minimum Gasteiger partial charge on any atom is -0.365 e. The van der Waals surface area contributed by atoms with Crippen LogP contribution in [0.1, 0.15) is 36.9 Å². The van der Waals surface area contributed by atoms with E-state index in [0.29, 0.717) is 29.8 Å². The molecule has 1 saturated heterocycles. The van der Waals surface area contributed by atoms with Gasteiger partial charge in [0.05, 0.1) is 24.1 Å². The van der Waals surface area contributed by atoms with Gasteiger partial charge in [0.2, 0.25) is 11.9 Å². The number of rotatable bonds is 9. The van der Waals surface area contributed by atoms with Crippen LogP contribution in [0.3, 0.4) is 0 Å². The molecule has 9 nitrogen and oxygen atoms in total. The van der Waals surface area contributed by atoms with Gasteiger partial charge in [-0.3, -0.25) is 14.3 Å². The number of likely N-dealkylation sites (tertiary alicyclic amines) is 1. The minimum absolute atomic E-state index is 0.0190. The summed E-state index contributed by atoms with van der Waals surface area (Å²) < 4.78 is 1.93. The fourth-order valence-electron chi connectivity index (χ4n) is 4.04. The third-order valence-corrected chi connectivity index (χ3v) is 6.22. The lowest BCUT2D eigenvalue weighted by molar-refractivity contribution is -0.130. The molecular formula is C25H28ClN7O2. The molecule has 3 heterocycles. The molecule has 1 amide bonds. The van der Waals surface area contributed by atoms with E-state index in [0.717, 1.165) is 42.7 Å². The normalized spacial score (nSPS) is 13.9. The molecule has 10 heteroatoms. The molecule has 0 bridgehead atoms. The fraction of sp³-hybridized carbons (Fsp3) is 0.320. The summed E-state index contributed by atoms with van der Waals surface area (Å²) in [7, 11) is 0. The molecule has 0 atom stereocenters. The lowest BCUT2D eigenvalue weighted by Gasteiger charge is -2.31. The van der Waals surface area contributed by atoms with Gasteiger partial charge in [0.25, 0.3) is 0 Å². The third kappa shape index (κ3) is 6.45. The van der Waals surface area contributed by atoms with Crippen molar-refractivity contribution < 1.29 is 9.59 Å². The first kappa shape index (κ1) is 24.4. The Morgan fingerprint density at radius 2 is 2.00 bits per heavy atom. The summed E-state index contributed by atoms with van der Waals surface area (Å²) in [6.07, 6.45) is 8.60. The molecule has 1 aliphatic rings. The van der Waals surface area contributed by atoms with E-state index in [9.17, 15) is 9.59 Å². The highest BCUT2D eigenvalue weighted by Gasteiger charge is 2.22. The van der Waals surface area contributed by atoms with Crippen LogP contribution in [0.2, 0.25) is 5.02 Å². The third-order valence-electron chi connectivity index (χ3n) is 5.94. The molecular weight excluding hydrogens is 466 g/mol. The van der Waals surface area contributed by atoms with Crippen LogP contribution in [0.5, 0.6) is 0 Å². The number of anilines is 3. The first-order valence-electron chi connectivity index (χ1n) is 11.5. The second-order valence-electron chi connectivity index (χ2n) is 8.48. The fourth-order valence-corrected chi connectivity index (χ4v) is 4.19. The molecule has 1 fully saturated rings. The van der Waals surface area contributed by atoms with Crippen molar-refractivity contribution in [3.05, 3.63) is 71.7 Å². The molecule has 0 radical (unpaired) electrons. The molecule has 1 aliphatic heterocycles. The van der Waals surface area contributed by atoms with Crippen LogP contribution in [0.4, 0.5) is 17.5 Å². The van der Waals surface area contributed by atoms with Crippen LogP contribution in [0, 0.1) is 0 Å². The maximum atomic E-state index is 11.6. The van der Waals surface area contributed by atoms with E-state index in [2.05, 4.69) is 32.3 Å². The van der Waals surface area contributed by atoms with Gasteiger partial charge in [0, 0.05) is 39.2 Å². The van der Waals surface area contributed by atoms with E-state index in [1.165, 1.54) is 6.08 Å².